The summed E-state index contributed by atoms with van der Waals surface area (Å²) in [7, 11) is 3.13. The lowest BCUT2D eigenvalue weighted by atomic mass is 10.1. The maximum absolute atomic E-state index is 14.3. The van der Waals surface area contributed by atoms with Gasteiger partial charge in [0, 0.05) is 51.6 Å². The molecule has 13 heteroatoms. The van der Waals surface area contributed by atoms with Gasteiger partial charge in [0.2, 0.25) is 24.4 Å². The Morgan fingerprint density at radius 3 is 2.57 bits per heavy atom. The van der Waals surface area contributed by atoms with Crippen molar-refractivity contribution in [1.29, 1.82) is 0 Å². The fourth-order valence-corrected chi connectivity index (χ4v) is 7.14. The second kappa shape index (κ2) is 14.9. The van der Waals surface area contributed by atoms with Crippen LogP contribution in [0, 0.1) is 5.92 Å². The van der Waals surface area contributed by atoms with Crippen LogP contribution in [0.3, 0.4) is 0 Å². The molecule has 262 valence electrons. The van der Waals surface area contributed by atoms with Crippen LogP contribution in [0.2, 0.25) is 0 Å². The zero-order valence-electron chi connectivity index (χ0n) is 28.8. The second-order valence-corrected chi connectivity index (χ2v) is 13.5. The molecule has 49 heavy (non-hydrogen) atoms. The van der Waals surface area contributed by atoms with Gasteiger partial charge in [-0.1, -0.05) is 32.0 Å². The first kappa shape index (κ1) is 34.2. The third-order valence-corrected chi connectivity index (χ3v) is 9.54. The fraction of sp³-hybridized carbons (Fsp3) is 0.528. The molecule has 2 fully saturated rings. The molecule has 1 aromatic heterocycles. The summed E-state index contributed by atoms with van der Waals surface area (Å²) in [5.74, 6) is 1.40. The van der Waals surface area contributed by atoms with E-state index >= 15 is 0 Å². The van der Waals surface area contributed by atoms with Crippen LogP contribution in [0.1, 0.15) is 62.0 Å². The van der Waals surface area contributed by atoms with Gasteiger partial charge in [-0.2, -0.15) is 5.10 Å². The largest absolute Gasteiger partial charge is 0.493 e. The maximum Gasteiger partial charge on any atom is 0.275 e. The second-order valence-electron chi connectivity index (χ2n) is 13.5. The number of rotatable bonds is 6. The van der Waals surface area contributed by atoms with Gasteiger partial charge in [-0.05, 0) is 61.9 Å². The Balaban J connectivity index is 1.26. The smallest absolute Gasteiger partial charge is 0.275 e. The predicted molar refractivity (Wildman–Crippen MR) is 183 cm³/mol. The number of methoxy groups -OCH3 is 1. The molecule has 0 aliphatic carbocycles. The van der Waals surface area contributed by atoms with Crippen LogP contribution in [-0.2, 0) is 23.2 Å². The number of aryl methyl sites for hydroxylation is 1. The van der Waals surface area contributed by atoms with Crippen LogP contribution in [-0.4, -0.2) is 101 Å². The summed E-state index contributed by atoms with van der Waals surface area (Å²) < 4.78 is 18.0. The van der Waals surface area contributed by atoms with Crippen LogP contribution in [0.25, 0.3) is 10.8 Å². The number of likely N-dealkylation sites (tertiary alicyclic amines) is 1. The van der Waals surface area contributed by atoms with Gasteiger partial charge in [-0.3, -0.25) is 24.1 Å². The summed E-state index contributed by atoms with van der Waals surface area (Å²) in [5, 5.41) is 8.25. The highest BCUT2D eigenvalue weighted by atomic mass is 16.7. The lowest BCUT2D eigenvalue weighted by Gasteiger charge is -2.31. The predicted octanol–water partition coefficient (Wildman–Crippen LogP) is 2.93. The Labute approximate surface area is 286 Å². The molecule has 2 saturated heterocycles. The molecule has 6 rings (SSSR count). The molecule has 2 atom stereocenters. The molecule has 3 aliphatic rings. The van der Waals surface area contributed by atoms with E-state index in [0.29, 0.717) is 60.5 Å². The zero-order chi connectivity index (χ0) is 34.7. The number of hydrogen-bond donors (Lipinski definition) is 1. The van der Waals surface area contributed by atoms with Crippen molar-refractivity contribution >= 4 is 28.5 Å². The molecule has 13 nitrogen and oxygen atoms in total. The van der Waals surface area contributed by atoms with Crippen molar-refractivity contribution in [3.8, 4) is 17.2 Å². The minimum atomic E-state index is -0.773. The van der Waals surface area contributed by atoms with Crippen molar-refractivity contribution in [2.75, 3.05) is 46.6 Å². The van der Waals surface area contributed by atoms with Gasteiger partial charge in [-0.15, -0.1) is 0 Å². The molecule has 1 N–H and O–H groups in total. The molecule has 3 amide bonds. The van der Waals surface area contributed by atoms with E-state index in [1.54, 1.807) is 36.3 Å². The zero-order valence-corrected chi connectivity index (χ0v) is 28.8. The molecule has 2 aromatic carbocycles. The average molecular weight is 675 g/mol. The lowest BCUT2D eigenvalue weighted by Crippen LogP contribution is -2.47. The highest BCUT2D eigenvalue weighted by Gasteiger charge is 2.44. The van der Waals surface area contributed by atoms with Crippen LogP contribution >= 0.6 is 0 Å². The molecule has 0 unspecified atom stereocenters. The molecule has 0 saturated carbocycles. The first-order valence-electron chi connectivity index (χ1n) is 17.2. The van der Waals surface area contributed by atoms with E-state index in [0.717, 1.165) is 42.6 Å². The van der Waals surface area contributed by atoms with Crippen molar-refractivity contribution in [2.45, 2.75) is 64.6 Å². The van der Waals surface area contributed by atoms with Crippen LogP contribution in [0.5, 0.6) is 17.2 Å². The van der Waals surface area contributed by atoms with Gasteiger partial charge < -0.3 is 29.3 Å². The normalized spacial score (nSPS) is 20.4. The van der Waals surface area contributed by atoms with Crippen molar-refractivity contribution < 1.29 is 28.6 Å². The SMILES string of the molecule is COc1cc(CN2CCCCNC(=O)[C@@H]3C[C@@H](CN3C(=O)c3nn(C)c(=O)c4ccccc34)N(C(=O)CC(C)C)CCC2)cc2c1OCO2. The number of fused-ring (bicyclic) bond motifs is 4. The molecule has 0 radical (unpaired) electrons. The number of hydrogen-bond acceptors (Lipinski definition) is 9. The Morgan fingerprint density at radius 1 is 1.02 bits per heavy atom. The van der Waals surface area contributed by atoms with E-state index in [1.165, 1.54) is 7.05 Å². The molecule has 3 aromatic rings. The third kappa shape index (κ3) is 7.36. The van der Waals surface area contributed by atoms with E-state index in [9.17, 15) is 19.2 Å². The highest BCUT2D eigenvalue weighted by molar-refractivity contribution is 6.06. The van der Waals surface area contributed by atoms with E-state index in [1.807, 2.05) is 30.9 Å². The first-order valence-corrected chi connectivity index (χ1v) is 17.2. The maximum atomic E-state index is 14.3. The lowest BCUT2D eigenvalue weighted by molar-refractivity contribution is -0.134. The first-order chi connectivity index (χ1) is 23.6. The molecular formula is C36H46N6O7. The molecule has 0 spiro atoms. The standard InChI is InChI=1S/C36H46N6O7/c1-23(2)16-31(43)41-15-9-14-40(20-24-17-29(47-4)33-30(18-24)48-22-49-33)13-8-7-12-37-34(44)28-19-25(41)21-42(28)36(46)32-26-10-5-6-11-27(26)35(45)39(3)38-32/h5-6,10-11,17-18,23,25,28H,7-9,12-16,19-22H2,1-4H3,(H,37,44)/t25-,28-/m0/s1. The number of benzene rings is 2. The van der Waals surface area contributed by atoms with Gasteiger partial charge in [0.05, 0.1) is 18.5 Å². The Hall–Kier alpha value is -4.65. The Kier molecular flexibility index (Phi) is 10.4. The number of ether oxygens (including phenoxy) is 3. The summed E-state index contributed by atoms with van der Waals surface area (Å²) in [5.41, 5.74) is 0.851. The van der Waals surface area contributed by atoms with Crippen molar-refractivity contribution in [1.82, 2.24) is 29.8 Å². The highest BCUT2D eigenvalue weighted by Crippen LogP contribution is 2.42. The van der Waals surface area contributed by atoms with Crippen LogP contribution in [0.4, 0.5) is 0 Å². The summed E-state index contributed by atoms with van der Waals surface area (Å²) in [6.07, 6.45) is 3.03. The van der Waals surface area contributed by atoms with Gasteiger partial charge in [0.1, 0.15) is 6.04 Å². The number of amides is 3. The summed E-state index contributed by atoms with van der Waals surface area (Å²) in [6.45, 7) is 7.55. The molecule has 3 aliphatic heterocycles. The van der Waals surface area contributed by atoms with Crippen molar-refractivity contribution in [3.63, 3.8) is 0 Å². The Bertz CT molecular complexity index is 1770. The molecular weight excluding hydrogens is 628 g/mol. The van der Waals surface area contributed by atoms with Crippen molar-refractivity contribution in [3.05, 3.63) is 58.0 Å². The molecule has 2 bridgehead atoms. The number of nitrogens with one attached hydrogen (secondary N) is 1. The van der Waals surface area contributed by atoms with Crippen molar-refractivity contribution in [2.24, 2.45) is 13.0 Å². The van der Waals surface area contributed by atoms with Gasteiger partial charge >= 0.3 is 0 Å². The van der Waals surface area contributed by atoms with Crippen LogP contribution in [0.15, 0.2) is 41.2 Å². The third-order valence-electron chi connectivity index (χ3n) is 9.54. The number of carbonyl (C=O) groups is 3. The van der Waals surface area contributed by atoms with E-state index < -0.39 is 11.9 Å². The number of carbonyl (C=O) groups excluding carboxylic acids is 3. The molecule has 4 heterocycles. The van der Waals surface area contributed by atoms with E-state index in [-0.39, 0.29) is 48.4 Å². The minimum Gasteiger partial charge on any atom is -0.493 e. The van der Waals surface area contributed by atoms with Gasteiger partial charge in [-0.25, -0.2) is 4.68 Å². The average Bonchev–Trinajstić information content (AvgIpc) is 3.74. The monoisotopic (exact) mass is 674 g/mol. The van der Waals surface area contributed by atoms with Crippen LogP contribution < -0.4 is 25.1 Å². The summed E-state index contributed by atoms with van der Waals surface area (Å²) >= 11 is 0. The van der Waals surface area contributed by atoms with E-state index in [4.69, 9.17) is 14.2 Å². The Morgan fingerprint density at radius 2 is 1.80 bits per heavy atom. The topological polar surface area (TPSA) is 136 Å². The minimum absolute atomic E-state index is 0.0123. The van der Waals surface area contributed by atoms with E-state index in [2.05, 4.69) is 15.3 Å². The summed E-state index contributed by atoms with van der Waals surface area (Å²) in [4.78, 5) is 60.4. The quantitative estimate of drug-likeness (QED) is 0.419. The fourth-order valence-electron chi connectivity index (χ4n) is 7.14. The summed E-state index contributed by atoms with van der Waals surface area (Å²) in [6, 6.07) is 9.73. The van der Waals surface area contributed by atoms with Gasteiger partial charge in [0.25, 0.3) is 11.5 Å². The number of nitrogens with zero attached hydrogens (tertiary/aromatic N) is 5. The number of aromatic nitrogens is 2. The van der Waals surface area contributed by atoms with Gasteiger partial charge in [0.15, 0.2) is 17.2 Å².